The minimum atomic E-state index is -0.381. The Morgan fingerprint density at radius 3 is 2.62 bits per heavy atom. The fraction of sp³-hybridized carbons (Fsp3) is 0.308. The molecule has 2 aromatic heterocycles. The highest BCUT2D eigenvalue weighted by atomic mass is 32.2. The molecule has 8 heteroatoms. The summed E-state index contributed by atoms with van der Waals surface area (Å²) in [5.74, 6) is -0.381. The summed E-state index contributed by atoms with van der Waals surface area (Å²) >= 11 is 0.896. The molecule has 0 spiro atoms. The fourth-order valence-electron chi connectivity index (χ4n) is 4.61. The van der Waals surface area contributed by atoms with E-state index in [0.29, 0.717) is 10.6 Å². The molecule has 0 aliphatic carbocycles. The van der Waals surface area contributed by atoms with Crippen LogP contribution in [-0.4, -0.2) is 58.7 Å². The number of piperazine rings is 1. The number of hydrogen-bond acceptors (Lipinski definition) is 7. The molecule has 174 valence electrons. The molecule has 7 nitrogen and oxygen atoms in total. The average Bonchev–Trinajstić information content (AvgIpc) is 3.15. The fourth-order valence-corrected chi connectivity index (χ4v) is 5.28. The molecule has 0 atom stereocenters. The SMILES string of the molecule is CCCN1CCN(c2ccc(-c3cncc4ccc(C=C5SC(=O)NC5=O)nc34)cc2C)CC1. The highest BCUT2D eigenvalue weighted by Crippen LogP contribution is 2.32. The Balaban J connectivity index is 1.45. The first-order valence-corrected chi connectivity index (χ1v) is 12.4. The maximum absolute atomic E-state index is 11.9. The quantitative estimate of drug-likeness (QED) is 0.548. The number of pyridine rings is 2. The van der Waals surface area contributed by atoms with Gasteiger partial charge in [0.2, 0.25) is 0 Å². The molecule has 0 radical (unpaired) electrons. The monoisotopic (exact) mass is 473 g/mol. The Bertz CT molecular complexity index is 1300. The zero-order valence-electron chi connectivity index (χ0n) is 19.4. The number of anilines is 1. The number of hydrogen-bond donors (Lipinski definition) is 1. The van der Waals surface area contributed by atoms with Crippen LogP contribution in [0, 0.1) is 6.92 Å². The largest absolute Gasteiger partial charge is 0.369 e. The molecule has 2 saturated heterocycles. The topological polar surface area (TPSA) is 78.4 Å². The van der Waals surface area contributed by atoms with Crippen LogP contribution in [0.1, 0.15) is 24.6 Å². The molecule has 1 N–H and O–H groups in total. The van der Waals surface area contributed by atoms with Crippen LogP contribution in [0.5, 0.6) is 0 Å². The molecule has 0 saturated carbocycles. The van der Waals surface area contributed by atoms with Crippen LogP contribution >= 0.6 is 11.8 Å². The Kier molecular flexibility index (Phi) is 6.34. The van der Waals surface area contributed by atoms with Crippen molar-refractivity contribution in [3.63, 3.8) is 0 Å². The number of carbonyl (C=O) groups is 2. The predicted molar refractivity (Wildman–Crippen MR) is 138 cm³/mol. The normalized spacial score (nSPS) is 18.2. The van der Waals surface area contributed by atoms with Crippen molar-refractivity contribution in [1.29, 1.82) is 0 Å². The summed E-state index contributed by atoms with van der Waals surface area (Å²) in [6.45, 7) is 9.86. The van der Waals surface area contributed by atoms with Crippen molar-refractivity contribution in [3.8, 4) is 11.1 Å². The molecule has 2 aliphatic heterocycles. The van der Waals surface area contributed by atoms with E-state index in [1.54, 1.807) is 12.3 Å². The third-order valence-electron chi connectivity index (χ3n) is 6.30. The molecule has 5 rings (SSSR count). The molecule has 34 heavy (non-hydrogen) atoms. The number of imide groups is 1. The van der Waals surface area contributed by atoms with Gasteiger partial charge in [0, 0.05) is 55.2 Å². The van der Waals surface area contributed by atoms with Gasteiger partial charge in [-0.1, -0.05) is 13.0 Å². The lowest BCUT2D eigenvalue weighted by molar-refractivity contribution is -0.115. The number of benzene rings is 1. The number of rotatable bonds is 5. The Morgan fingerprint density at radius 1 is 1.09 bits per heavy atom. The van der Waals surface area contributed by atoms with Crippen molar-refractivity contribution < 1.29 is 9.59 Å². The van der Waals surface area contributed by atoms with Crippen LogP contribution < -0.4 is 10.2 Å². The lowest BCUT2D eigenvalue weighted by atomic mass is 10.0. The first-order chi connectivity index (χ1) is 16.5. The molecule has 0 unspecified atom stereocenters. The first-order valence-electron chi connectivity index (χ1n) is 11.6. The predicted octanol–water partition coefficient (Wildman–Crippen LogP) is 4.46. The molecule has 4 heterocycles. The lowest BCUT2D eigenvalue weighted by Crippen LogP contribution is -2.46. The molecule has 0 bridgehead atoms. The second-order valence-corrected chi connectivity index (χ2v) is 9.69. The number of aryl methyl sites for hydroxylation is 1. The van der Waals surface area contributed by atoms with Crippen LogP contribution in [0.25, 0.3) is 28.1 Å². The Labute approximate surface area is 203 Å². The number of aromatic nitrogens is 2. The highest BCUT2D eigenvalue weighted by molar-refractivity contribution is 8.18. The smallest absolute Gasteiger partial charge is 0.290 e. The van der Waals surface area contributed by atoms with Crippen molar-refractivity contribution in [2.45, 2.75) is 20.3 Å². The number of fused-ring (bicyclic) bond motifs is 1. The van der Waals surface area contributed by atoms with Gasteiger partial charge < -0.3 is 4.90 Å². The van der Waals surface area contributed by atoms with Gasteiger partial charge >= 0.3 is 0 Å². The third-order valence-corrected chi connectivity index (χ3v) is 7.11. The van der Waals surface area contributed by atoms with Crippen molar-refractivity contribution in [3.05, 3.63) is 58.9 Å². The van der Waals surface area contributed by atoms with Gasteiger partial charge in [-0.2, -0.15) is 0 Å². The Morgan fingerprint density at radius 2 is 1.91 bits per heavy atom. The molecular weight excluding hydrogens is 446 g/mol. The molecular formula is C26H27N5O2S. The third kappa shape index (κ3) is 4.56. The number of amides is 2. The van der Waals surface area contributed by atoms with E-state index in [1.165, 1.54) is 24.2 Å². The highest BCUT2D eigenvalue weighted by Gasteiger charge is 2.25. The first kappa shape index (κ1) is 22.6. The van der Waals surface area contributed by atoms with Crippen molar-refractivity contribution >= 4 is 45.6 Å². The van der Waals surface area contributed by atoms with Gasteiger partial charge in [0.1, 0.15) is 0 Å². The summed E-state index contributed by atoms with van der Waals surface area (Å²) in [5, 5.41) is 2.85. The Hall–Kier alpha value is -3.23. The zero-order valence-corrected chi connectivity index (χ0v) is 20.2. The van der Waals surface area contributed by atoms with Crippen LogP contribution in [0.4, 0.5) is 10.5 Å². The summed E-state index contributed by atoms with van der Waals surface area (Å²) in [6.07, 6.45) is 6.48. The summed E-state index contributed by atoms with van der Waals surface area (Å²) in [6, 6.07) is 10.3. The number of nitrogens with one attached hydrogen (secondary N) is 1. The second kappa shape index (κ2) is 9.56. The van der Waals surface area contributed by atoms with E-state index in [4.69, 9.17) is 4.98 Å². The number of nitrogens with zero attached hydrogens (tertiary/aromatic N) is 4. The summed E-state index contributed by atoms with van der Waals surface area (Å²) in [7, 11) is 0. The van der Waals surface area contributed by atoms with E-state index in [1.807, 2.05) is 18.3 Å². The average molecular weight is 474 g/mol. The lowest BCUT2D eigenvalue weighted by Gasteiger charge is -2.36. The maximum atomic E-state index is 11.9. The van der Waals surface area contributed by atoms with E-state index in [9.17, 15) is 9.59 Å². The second-order valence-electron chi connectivity index (χ2n) is 8.68. The van der Waals surface area contributed by atoms with Gasteiger partial charge in [-0.05, 0) is 73.1 Å². The van der Waals surface area contributed by atoms with Gasteiger partial charge in [0.25, 0.3) is 11.1 Å². The van der Waals surface area contributed by atoms with Gasteiger partial charge in [-0.15, -0.1) is 0 Å². The van der Waals surface area contributed by atoms with Gasteiger partial charge in [0.15, 0.2) is 0 Å². The molecule has 2 fully saturated rings. The molecule has 1 aromatic carbocycles. The number of thioether (sulfide) groups is 1. The van der Waals surface area contributed by atoms with Crippen LogP contribution in [0.3, 0.4) is 0 Å². The standard InChI is InChI=1S/C26H27N5O2S/c1-3-8-30-9-11-31(12-10-30)22-7-5-18(13-17(22)2)21-16-27-15-19-4-6-20(28-24(19)21)14-23-25(32)29-26(33)34-23/h4-7,13-16H,3,8-12H2,1-2H3,(H,29,32,33). The molecule has 3 aromatic rings. The summed E-state index contributed by atoms with van der Waals surface area (Å²) in [4.78, 5) is 38.0. The van der Waals surface area contributed by atoms with Gasteiger partial charge in [0.05, 0.1) is 16.1 Å². The van der Waals surface area contributed by atoms with Crippen LogP contribution in [0.15, 0.2) is 47.6 Å². The van der Waals surface area contributed by atoms with E-state index >= 15 is 0 Å². The van der Waals surface area contributed by atoms with Crippen LogP contribution in [0.2, 0.25) is 0 Å². The zero-order chi connectivity index (χ0) is 23.7. The minimum absolute atomic E-state index is 0.353. The molecule has 2 amide bonds. The summed E-state index contributed by atoms with van der Waals surface area (Å²) < 4.78 is 0. The van der Waals surface area contributed by atoms with Gasteiger partial charge in [-0.3, -0.25) is 24.8 Å². The van der Waals surface area contributed by atoms with Gasteiger partial charge in [-0.25, -0.2) is 4.98 Å². The minimum Gasteiger partial charge on any atom is -0.369 e. The van der Waals surface area contributed by atoms with Crippen molar-refractivity contribution in [1.82, 2.24) is 20.2 Å². The van der Waals surface area contributed by atoms with Crippen LogP contribution in [-0.2, 0) is 4.79 Å². The maximum Gasteiger partial charge on any atom is 0.290 e. The summed E-state index contributed by atoms with van der Waals surface area (Å²) in [5.41, 5.74) is 5.96. The molecule has 2 aliphatic rings. The van der Waals surface area contributed by atoms with E-state index in [-0.39, 0.29) is 11.1 Å². The van der Waals surface area contributed by atoms with E-state index in [0.717, 1.165) is 60.0 Å². The van der Waals surface area contributed by atoms with Crippen molar-refractivity contribution in [2.24, 2.45) is 0 Å². The van der Waals surface area contributed by atoms with E-state index in [2.05, 4.69) is 52.1 Å². The number of carbonyl (C=O) groups excluding carboxylic acids is 2. The van der Waals surface area contributed by atoms with E-state index < -0.39 is 0 Å². The van der Waals surface area contributed by atoms with Crippen molar-refractivity contribution in [2.75, 3.05) is 37.6 Å².